The summed E-state index contributed by atoms with van der Waals surface area (Å²) in [5.74, 6) is 1.93. The maximum atomic E-state index is 12.1. The van der Waals surface area contributed by atoms with E-state index in [0.29, 0.717) is 4.21 Å². The van der Waals surface area contributed by atoms with Gasteiger partial charge in [0, 0.05) is 18.3 Å². The lowest BCUT2D eigenvalue weighted by Crippen LogP contribution is -2.34. The molecule has 0 spiro atoms. The van der Waals surface area contributed by atoms with Gasteiger partial charge >= 0.3 is 0 Å². The molecule has 0 saturated carbocycles. The third-order valence-corrected chi connectivity index (χ3v) is 6.90. The molecule has 2 N–H and O–H groups in total. The summed E-state index contributed by atoms with van der Waals surface area (Å²) in [6.45, 7) is 3.64. The van der Waals surface area contributed by atoms with Crippen LogP contribution in [0.5, 0.6) is 0 Å². The summed E-state index contributed by atoms with van der Waals surface area (Å²) in [5.41, 5.74) is 1.03. The summed E-state index contributed by atoms with van der Waals surface area (Å²) in [6.07, 6.45) is 0.930. The molecule has 18 heavy (non-hydrogen) atoms. The number of nitrogens with one attached hydrogen (secondary N) is 2. The molecule has 1 fully saturated rings. The van der Waals surface area contributed by atoms with Crippen LogP contribution in [0.3, 0.4) is 0 Å². The van der Waals surface area contributed by atoms with Crippen molar-refractivity contribution in [2.45, 2.75) is 30.1 Å². The molecule has 1 saturated heterocycles. The van der Waals surface area contributed by atoms with E-state index in [9.17, 15) is 8.42 Å². The van der Waals surface area contributed by atoms with E-state index < -0.39 is 10.0 Å². The molecule has 2 rings (SSSR count). The summed E-state index contributed by atoms with van der Waals surface area (Å²) < 4.78 is 27.5. The quantitative estimate of drug-likeness (QED) is 0.839. The smallest absolute Gasteiger partial charge is 0.250 e. The van der Waals surface area contributed by atoms with Crippen molar-refractivity contribution in [3.05, 3.63) is 17.0 Å². The van der Waals surface area contributed by atoms with E-state index in [1.807, 2.05) is 12.3 Å². The molecule has 7 heteroatoms. The molecule has 1 aliphatic rings. The van der Waals surface area contributed by atoms with Crippen molar-refractivity contribution in [1.29, 1.82) is 0 Å². The van der Waals surface area contributed by atoms with Crippen LogP contribution in [0.1, 0.15) is 18.9 Å². The Hall–Kier alpha value is -0.0800. The lowest BCUT2D eigenvalue weighted by Gasteiger charge is -2.10. The standard InChI is InChI=1S/C11H18N2O2S3/c1-2-12-6-9-5-11(17-7-9)18(14,15)13-10-3-4-16-8-10/h5,7,10,12-13H,2-4,6,8H2,1H3. The van der Waals surface area contributed by atoms with E-state index in [0.717, 1.165) is 36.6 Å². The normalized spacial score (nSPS) is 20.4. The number of thioether (sulfide) groups is 1. The van der Waals surface area contributed by atoms with Crippen molar-refractivity contribution in [2.24, 2.45) is 0 Å². The zero-order valence-electron chi connectivity index (χ0n) is 10.3. The van der Waals surface area contributed by atoms with Gasteiger partial charge in [0.2, 0.25) is 10.0 Å². The lowest BCUT2D eigenvalue weighted by molar-refractivity contribution is 0.565. The first-order chi connectivity index (χ1) is 8.62. The van der Waals surface area contributed by atoms with Crippen molar-refractivity contribution in [1.82, 2.24) is 10.0 Å². The molecule has 0 radical (unpaired) electrons. The zero-order valence-corrected chi connectivity index (χ0v) is 12.8. The molecule has 1 aromatic rings. The van der Waals surface area contributed by atoms with Crippen LogP contribution in [0, 0.1) is 0 Å². The van der Waals surface area contributed by atoms with Crippen molar-refractivity contribution in [3.8, 4) is 0 Å². The Morgan fingerprint density at radius 2 is 2.33 bits per heavy atom. The Morgan fingerprint density at radius 3 is 3.00 bits per heavy atom. The molecule has 0 aliphatic carbocycles. The van der Waals surface area contributed by atoms with Crippen molar-refractivity contribution in [2.75, 3.05) is 18.1 Å². The van der Waals surface area contributed by atoms with Crippen LogP contribution in [-0.2, 0) is 16.6 Å². The topological polar surface area (TPSA) is 58.2 Å². The molecule has 2 heterocycles. The molecule has 1 atom stereocenters. The van der Waals surface area contributed by atoms with Gasteiger partial charge < -0.3 is 5.32 Å². The summed E-state index contributed by atoms with van der Waals surface area (Å²) in [5, 5.41) is 5.09. The number of rotatable bonds is 6. The maximum Gasteiger partial charge on any atom is 0.250 e. The highest BCUT2D eigenvalue weighted by molar-refractivity contribution is 7.99. The van der Waals surface area contributed by atoms with Gasteiger partial charge in [0.05, 0.1) is 0 Å². The van der Waals surface area contributed by atoms with E-state index in [4.69, 9.17) is 0 Å². The third kappa shape index (κ3) is 3.71. The van der Waals surface area contributed by atoms with Crippen LogP contribution in [0.15, 0.2) is 15.7 Å². The van der Waals surface area contributed by atoms with Gasteiger partial charge in [0.1, 0.15) is 4.21 Å². The second-order valence-electron chi connectivity index (χ2n) is 4.24. The number of hydrogen-bond acceptors (Lipinski definition) is 5. The van der Waals surface area contributed by atoms with Crippen molar-refractivity contribution >= 4 is 33.1 Å². The Kier molecular flexibility index (Phi) is 5.08. The zero-order chi connectivity index (χ0) is 13.0. The van der Waals surface area contributed by atoms with Gasteiger partial charge in [-0.25, -0.2) is 13.1 Å². The Balaban J connectivity index is 2.02. The van der Waals surface area contributed by atoms with Gasteiger partial charge in [0.15, 0.2) is 0 Å². The highest BCUT2D eigenvalue weighted by Gasteiger charge is 2.24. The SMILES string of the molecule is CCNCc1csc(S(=O)(=O)NC2CCSC2)c1. The third-order valence-electron chi connectivity index (χ3n) is 2.73. The molecule has 4 nitrogen and oxygen atoms in total. The van der Waals surface area contributed by atoms with Gasteiger partial charge in [-0.3, -0.25) is 0 Å². The van der Waals surface area contributed by atoms with E-state index in [-0.39, 0.29) is 6.04 Å². The molecule has 0 aromatic carbocycles. The summed E-state index contributed by atoms with van der Waals surface area (Å²) in [7, 11) is -3.32. The van der Waals surface area contributed by atoms with E-state index in [1.54, 1.807) is 17.8 Å². The fraction of sp³-hybridized carbons (Fsp3) is 0.636. The minimum atomic E-state index is -3.32. The van der Waals surface area contributed by atoms with E-state index in [2.05, 4.69) is 10.0 Å². The molecule has 1 aliphatic heterocycles. The molecule has 0 amide bonds. The lowest BCUT2D eigenvalue weighted by atomic mass is 10.3. The monoisotopic (exact) mass is 306 g/mol. The Bertz CT molecular complexity index is 478. The maximum absolute atomic E-state index is 12.1. The largest absolute Gasteiger partial charge is 0.313 e. The van der Waals surface area contributed by atoms with E-state index >= 15 is 0 Å². The summed E-state index contributed by atoms with van der Waals surface area (Å²) in [6, 6.07) is 1.86. The minimum absolute atomic E-state index is 0.0966. The molecular formula is C11H18N2O2S3. The average molecular weight is 306 g/mol. The second-order valence-corrected chi connectivity index (χ2v) is 8.24. The Morgan fingerprint density at radius 1 is 1.50 bits per heavy atom. The molecule has 0 bridgehead atoms. The highest BCUT2D eigenvalue weighted by Crippen LogP contribution is 2.23. The van der Waals surface area contributed by atoms with Gasteiger partial charge in [0.25, 0.3) is 0 Å². The molecule has 1 aromatic heterocycles. The first kappa shape index (κ1) is 14.3. The van der Waals surface area contributed by atoms with Crippen molar-refractivity contribution < 1.29 is 8.42 Å². The first-order valence-corrected chi connectivity index (χ1v) is 9.52. The molecule has 1 unspecified atom stereocenters. The van der Waals surface area contributed by atoms with Gasteiger partial charge in [-0.2, -0.15) is 11.8 Å². The predicted molar refractivity (Wildman–Crippen MR) is 77.8 cm³/mol. The fourth-order valence-corrected chi connectivity index (χ4v) is 5.52. The number of hydrogen-bond donors (Lipinski definition) is 2. The number of sulfonamides is 1. The van der Waals surface area contributed by atoms with Crippen LogP contribution >= 0.6 is 23.1 Å². The molecular weight excluding hydrogens is 288 g/mol. The number of thiophene rings is 1. The fourth-order valence-electron chi connectivity index (χ4n) is 1.76. The van der Waals surface area contributed by atoms with Crippen LogP contribution in [0.2, 0.25) is 0 Å². The predicted octanol–water partition coefficient (Wildman–Crippen LogP) is 1.64. The van der Waals surface area contributed by atoms with Crippen LogP contribution < -0.4 is 10.0 Å². The van der Waals surface area contributed by atoms with E-state index in [1.165, 1.54) is 11.3 Å². The summed E-state index contributed by atoms with van der Waals surface area (Å²) in [4.78, 5) is 0. The van der Waals surface area contributed by atoms with Gasteiger partial charge in [-0.05, 0) is 35.7 Å². The second kappa shape index (κ2) is 6.38. The molecule has 102 valence electrons. The van der Waals surface area contributed by atoms with Crippen LogP contribution in [0.25, 0.3) is 0 Å². The van der Waals surface area contributed by atoms with Crippen LogP contribution in [-0.4, -0.2) is 32.5 Å². The van der Waals surface area contributed by atoms with Crippen LogP contribution in [0.4, 0.5) is 0 Å². The first-order valence-electron chi connectivity index (χ1n) is 6.00. The minimum Gasteiger partial charge on any atom is -0.313 e. The van der Waals surface area contributed by atoms with Gasteiger partial charge in [-0.15, -0.1) is 11.3 Å². The summed E-state index contributed by atoms with van der Waals surface area (Å²) >= 11 is 3.09. The average Bonchev–Trinajstić information content (AvgIpc) is 2.96. The van der Waals surface area contributed by atoms with Gasteiger partial charge in [-0.1, -0.05) is 6.92 Å². The highest BCUT2D eigenvalue weighted by atomic mass is 32.2. The van der Waals surface area contributed by atoms with Crippen molar-refractivity contribution in [3.63, 3.8) is 0 Å². The Labute approximate surface area is 117 Å².